The normalized spacial score (nSPS) is 25.6. The van der Waals surface area contributed by atoms with E-state index in [9.17, 15) is 40.8 Å². The third-order valence-corrected chi connectivity index (χ3v) is 5.06. The molecule has 0 aliphatic carbocycles. The molecular weight excluding hydrogens is 485 g/mol. The van der Waals surface area contributed by atoms with Crippen LogP contribution >= 0.6 is 0 Å². The van der Waals surface area contributed by atoms with Crippen molar-refractivity contribution in [2.24, 2.45) is 0 Å². The van der Waals surface area contributed by atoms with Gasteiger partial charge in [-0.25, -0.2) is 0 Å². The van der Waals surface area contributed by atoms with Gasteiger partial charge < -0.3 is 23.7 Å². The zero-order chi connectivity index (χ0) is 25.6. The van der Waals surface area contributed by atoms with Crippen LogP contribution in [-0.2, 0) is 57.2 Å². The SMILES string of the molecule is CC(=O)OC[C@H]1O[C@H](CCOS(=O)(=O)C(F)(F)F)[C@H](OC(C)=O)[C@@H](OC(C)=O)[C@H]1OC(C)=O. The van der Waals surface area contributed by atoms with Crippen molar-refractivity contribution in [3.05, 3.63) is 0 Å². The molecule has 1 heterocycles. The molecule has 16 heteroatoms. The monoisotopic (exact) mass is 508 g/mol. The van der Waals surface area contributed by atoms with Crippen LogP contribution in [0, 0.1) is 0 Å². The smallest absolute Gasteiger partial charge is 0.463 e. The molecule has 190 valence electrons. The summed E-state index contributed by atoms with van der Waals surface area (Å²) < 4.78 is 89.4. The van der Waals surface area contributed by atoms with Gasteiger partial charge in [0, 0.05) is 34.1 Å². The van der Waals surface area contributed by atoms with E-state index in [2.05, 4.69) is 4.18 Å². The highest BCUT2D eigenvalue weighted by molar-refractivity contribution is 7.87. The van der Waals surface area contributed by atoms with E-state index in [1.165, 1.54) is 0 Å². The van der Waals surface area contributed by atoms with Crippen molar-refractivity contribution < 1.29 is 68.6 Å². The maximum absolute atomic E-state index is 12.5. The minimum atomic E-state index is -5.92. The van der Waals surface area contributed by atoms with Crippen LogP contribution in [0.1, 0.15) is 34.1 Å². The van der Waals surface area contributed by atoms with Gasteiger partial charge in [-0.2, -0.15) is 21.6 Å². The van der Waals surface area contributed by atoms with E-state index in [1.54, 1.807) is 0 Å². The summed E-state index contributed by atoms with van der Waals surface area (Å²) in [5.74, 6) is -3.46. The van der Waals surface area contributed by atoms with Crippen LogP contribution in [0.2, 0.25) is 0 Å². The lowest BCUT2D eigenvalue weighted by Crippen LogP contribution is -2.62. The quantitative estimate of drug-likeness (QED) is 0.183. The first kappa shape index (κ1) is 28.6. The second-order valence-electron chi connectivity index (χ2n) is 6.75. The van der Waals surface area contributed by atoms with Gasteiger partial charge in [-0.1, -0.05) is 0 Å². The topological polar surface area (TPSA) is 158 Å². The Kier molecular flexibility index (Phi) is 10.0. The molecule has 0 saturated carbocycles. The zero-order valence-electron chi connectivity index (χ0n) is 17.9. The first-order valence-corrected chi connectivity index (χ1v) is 10.7. The molecule has 1 aliphatic rings. The van der Waals surface area contributed by atoms with E-state index in [0.717, 1.165) is 27.7 Å². The summed E-state index contributed by atoms with van der Waals surface area (Å²) in [7, 11) is -5.92. The number of ether oxygens (including phenoxy) is 5. The fraction of sp³-hybridized carbons (Fsp3) is 0.765. The summed E-state index contributed by atoms with van der Waals surface area (Å²) in [6.07, 6.45) is -7.86. The van der Waals surface area contributed by atoms with E-state index in [0.29, 0.717) is 0 Å². The van der Waals surface area contributed by atoms with Crippen LogP contribution in [-0.4, -0.2) is 81.5 Å². The number of carbonyl (C=O) groups excluding carboxylic acids is 4. The van der Waals surface area contributed by atoms with Gasteiger partial charge >= 0.3 is 39.5 Å². The van der Waals surface area contributed by atoms with E-state index < -0.39 is 89.7 Å². The number of esters is 4. The standard InChI is InChI=1S/C17H23F3O12S/c1-8(21)27-7-13-15(30-10(3)23)16(31-11(4)24)14(29-9(2)22)12(32-13)5-6-28-33(25,26)17(18,19)20/h12-16H,5-7H2,1-4H3/t12-,13-,14+,15+,16-/m1/s1. The minimum absolute atomic E-state index is 0.546. The molecule has 0 radical (unpaired) electrons. The summed E-state index contributed by atoms with van der Waals surface area (Å²) >= 11 is 0. The second kappa shape index (κ2) is 11.6. The largest absolute Gasteiger partial charge is 0.523 e. The van der Waals surface area contributed by atoms with Crippen molar-refractivity contribution in [1.29, 1.82) is 0 Å². The molecule has 1 fully saturated rings. The Balaban J connectivity index is 3.26. The van der Waals surface area contributed by atoms with Gasteiger partial charge in [0.15, 0.2) is 18.3 Å². The van der Waals surface area contributed by atoms with Crippen LogP contribution in [0.4, 0.5) is 13.2 Å². The Morgan fingerprint density at radius 1 is 0.788 bits per heavy atom. The van der Waals surface area contributed by atoms with Crippen LogP contribution in [0.5, 0.6) is 0 Å². The van der Waals surface area contributed by atoms with Crippen LogP contribution in [0.15, 0.2) is 0 Å². The highest BCUT2D eigenvalue weighted by Crippen LogP contribution is 2.31. The number of alkyl halides is 3. The molecule has 0 aromatic carbocycles. The molecule has 0 aromatic heterocycles. The summed E-state index contributed by atoms with van der Waals surface area (Å²) in [6, 6.07) is 0. The Morgan fingerprint density at radius 3 is 1.67 bits per heavy atom. The Hall–Kier alpha value is -2.46. The fourth-order valence-electron chi connectivity index (χ4n) is 2.89. The van der Waals surface area contributed by atoms with Crippen LogP contribution in [0.25, 0.3) is 0 Å². The molecule has 0 spiro atoms. The van der Waals surface area contributed by atoms with Gasteiger partial charge in [-0.3, -0.25) is 23.4 Å². The average molecular weight is 508 g/mol. The summed E-state index contributed by atoms with van der Waals surface area (Å²) in [5, 5.41) is 0. The van der Waals surface area contributed by atoms with Gasteiger partial charge in [-0.15, -0.1) is 0 Å². The third kappa shape index (κ3) is 8.77. The predicted molar refractivity (Wildman–Crippen MR) is 97.5 cm³/mol. The zero-order valence-corrected chi connectivity index (χ0v) is 18.8. The average Bonchev–Trinajstić information content (AvgIpc) is 2.62. The molecule has 1 saturated heterocycles. The Labute approximate surface area is 186 Å². The van der Waals surface area contributed by atoms with Crippen molar-refractivity contribution in [3.8, 4) is 0 Å². The molecule has 1 aliphatic heterocycles. The predicted octanol–water partition coefficient (Wildman–Crippen LogP) is 0.368. The van der Waals surface area contributed by atoms with Crippen molar-refractivity contribution in [2.75, 3.05) is 13.2 Å². The molecular formula is C17H23F3O12S. The molecule has 5 atom stereocenters. The number of halogens is 3. The van der Waals surface area contributed by atoms with Gasteiger partial charge in [0.2, 0.25) is 0 Å². The van der Waals surface area contributed by atoms with E-state index in [-0.39, 0.29) is 0 Å². The van der Waals surface area contributed by atoms with Gasteiger partial charge in [-0.05, 0) is 0 Å². The molecule has 0 amide bonds. The minimum Gasteiger partial charge on any atom is -0.463 e. The Morgan fingerprint density at radius 2 is 1.24 bits per heavy atom. The summed E-state index contributed by atoms with van der Waals surface area (Å²) in [6.45, 7) is 2.42. The van der Waals surface area contributed by atoms with Crippen molar-refractivity contribution in [3.63, 3.8) is 0 Å². The highest BCUT2D eigenvalue weighted by atomic mass is 32.2. The lowest BCUT2D eigenvalue weighted by molar-refractivity contribution is -0.254. The fourth-order valence-corrected chi connectivity index (χ4v) is 3.34. The Bertz CT molecular complexity index is 841. The van der Waals surface area contributed by atoms with Gasteiger partial charge in [0.1, 0.15) is 18.8 Å². The van der Waals surface area contributed by atoms with Gasteiger partial charge in [0.05, 0.1) is 6.61 Å². The molecule has 33 heavy (non-hydrogen) atoms. The number of rotatable bonds is 9. The first-order valence-electron chi connectivity index (χ1n) is 9.31. The molecule has 12 nitrogen and oxygen atoms in total. The van der Waals surface area contributed by atoms with Crippen molar-refractivity contribution in [1.82, 2.24) is 0 Å². The summed E-state index contributed by atoms with van der Waals surface area (Å²) in [5.41, 5.74) is -5.67. The molecule has 0 unspecified atom stereocenters. The second-order valence-corrected chi connectivity index (χ2v) is 8.36. The maximum atomic E-state index is 12.5. The van der Waals surface area contributed by atoms with Crippen LogP contribution in [0.3, 0.4) is 0 Å². The first-order chi connectivity index (χ1) is 15.0. The number of carbonyl (C=O) groups is 4. The molecule has 0 N–H and O–H groups in total. The van der Waals surface area contributed by atoms with E-state index >= 15 is 0 Å². The molecule has 1 rings (SSSR count). The lowest BCUT2D eigenvalue weighted by atomic mass is 9.92. The highest BCUT2D eigenvalue weighted by Gasteiger charge is 2.52. The maximum Gasteiger partial charge on any atom is 0.523 e. The number of hydrogen-bond acceptors (Lipinski definition) is 12. The van der Waals surface area contributed by atoms with Crippen molar-refractivity contribution >= 4 is 34.0 Å². The summed E-state index contributed by atoms with van der Waals surface area (Å²) in [4.78, 5) is 46.1. The van der Waals surface area contributed by atoms with Crippen LogP contribution < -0.4 is 0 Å². The third-order valence-electron chi connectivity index (χ3n) is 4.01. The lowest BCUT2D eigenvalue weighted by Gasteiger charge is -2.44. The van der Waals surface area contributed by atoms with Crippen molar-refractivity contribution in [2.45, 2.75) is 70.1 Å². The molecule has 0 aromatic rings. The molecule has 0 bridgehead atoms. The van der Waals surface area contributed by atoms with Gasteiger partial charge in [0.25, 0.3) is 0 Å². The number of hydrogen-bond donors (Lipinski definition) is 0. The van der Waals surface area contributed by atoms with E-state index in [4.69, 9.17) is 23.7 Å². The van der Waals surface area contributed by atoms with E-state index in [1.807, 2.05) is 0 Å².